The Morgan fingerprint density at radius 3 is 2.73 bits per heavy atom. The molecule has 1 aliphatic rings. The Kier molecular flexibility index (Phi) is 2.90. The summed E-state index contributed by atoms with van der Waals surface area (Å²) in [6, 6.07) is 0.767. The van der Waals surface area contributed by atoms with Crippen LogP contribution in [0.2, 0.25) is 0 Å². The van der Waals surface area contributed by atoms with Crippen molar-refractivity contribution in [1.29, 1.82) is 0 Å². The number of hydrogen-bond donors (Lipinski definition) is 1. The quantitative estimate of drug-likeness (QED) is 0.807. The molecule has 1 aromatic rings. The molecule has 5 nitrogen and oxygen atoms in total. The van der Waals surface area contributed by atoms with Gasteiger partial charge in [0.25, 0.3) is 0 Å². The van der Waals surface area contributed by atoms with E-state index in [0.717, 1.165) is 0 Å². The smallest absolute Gasteiger partial charge is 0.321 e. The van der Waals surface area contributed by atoms with E-state index in [1.807, 2.05) is 13.8 Å². The third-order valence-corrected chi connectivity index (χ3v) is 2.41. The third kappa shape index (κ3) is 2.47. The van der Waals surface area contributed by atoms with Gasteiger partial charge in [-0.1, -0.05) is 5.16 Å². The van der Waals surface area contributed by atoms with Crippen LogP contribution in [0.25, 0.3) is 0 Å². The predicted molar refractivity (Wildman–Crippen MR) is 55.5 cm³/mol. The number of rotatable bonds is 5. The van der Waals surface area contributed by atoms with E-state index in [-0.39, 0.29) is 6.10 Å². The van der Waals surface area contributed by atoms with Crippen LogP contribution in [0, 0.1) is 5.92 Å². The second kappa shape index (κ2) is 4.18. The van der Waals surface area contributed by atoms with Gasteiger partial charge in [-0.15, -0.1) is 0 Å². The van der Waals surface area contributed by atoms with Crippen molar-refractivity contribution in [3.05, 3.63) is 5.82 Å². The Bertz CT molecular complexity index is 320. The summed E-state index contributed by atoms with van der Waals surface area (Å²) in [6.07, 6.45) is 2.39. The molecule has 1 heterocycles. The number of aromatic nitrogens is 2. The minimum Gasteiger partial charge on any atom is -0.373 e. The minimum atomic E-state index is -0.00328. The summed E-state index contributed by atoms with van der Waals surface area (Å²) in [7, 11) is 1.69. The fraction of sp³-hybridized carbons (Fsp3) is 0.800. The van der Waals surface area contributed by atoms with Crippen molar-refractivity contribution in [3.63, 3.8) is 0 Å². The van der Waals surface area contributed by atoms with Crippen molar-refractivity contribution >= 4 is 6.01 Å². The summed E-state index contributed by atoms with van der Waals surface area (Å²) >= 11 is 0. The topological polar surface area (TPSA) is 60.2 Å². The summed E-state index contributed by atoms with van der Waals surface area (Å²) in [5.41, 5.74) is 0. The van der Waals surface area contributed by atoms with E-state index in [1.54, 1.807) is 7.11 Å². The molecule has 5 heteroatoms. The van der Waals surface area contributed by atoms with Crippen LogP contribution in [0.15, 0.2) is 4.52 Å². The van der Waals surface area contributed by atoms with Crippen molar-refractivity contribution in [2.24, 2.45) is 5.92 Å². The molecular formula is C10H17N3O2. The molecule has 0 aliphatic heterocycles. The van der Waals surface area contributed by atoms with E-state index in [9.17, 15) is 0 Å². The molecule has 1 aliphatic carbocycles. The largest absolute Gasteiger partial charge is 0.373 e. The fourth-order valence-electron chi connectivity index (χ4n) is 1.56. The van der Waals surface area contributed by atoms with Crippen LogP contribution in [0.1, 0.15) is 38.6 Å². The van der Waals surface area contributed by atoms with Crippen LogP contribution in [-0.2, 0) is 4.74 Å². The van der Waals surface area contributed by atoms with E-state index >= 15 is 0 Å². The molecule has 1 aromatic heterocycles. The van der Waals surface area contributed by atoms with E-state index in [0.29, 0.717) is 23.8 Å². The van der Waals surface area contributed by atoms with Gasteiger partial charge >= 0.3 is 6.01 Å². The number of ether oxygens (including phenoxy) is 1. The Balaban J connectivity index is 2.04. The number of nitrogens with one attached hydrogen (secondary N) is 1. The fourth-order valence-corrected chi connectivity index (χ4v) is 1.56. The molecule has 1 unspecified atom stereocenters. The molecule has 2 rings (SSSR count). The Labute approximate surface area is 89.2 Å². The lowest BCUT2D eigenvalue weighted by molar-refractivity contribution is 0.0751. The Hall–Kier alpha value is -1.10. The molecule has 0 saturated heterocycles. The summed E-state index contributed by atoms with van der Waals surface area (Å²) < 4.78 is 10.4. The van der Waals surface area contributed by atoms with E-state index < -0.39 is 0 Å². The zero-order valence-corrected chi connectivity index (χ0v) is 9.36. The summed E-state index contributed by atoms with van der Waals surface area (Å²) in [5.74, 6) is 1.22. The lowest BCUT2D eigenvalue weighted by Gasteiger charge is -2.08. The summed E-state index contributed by atoms with van der Waals surface area (Å²) in [4.78, 5) is 4.27. The van der Waals surface area contributed by atoms with Crippen molar-refractivity contribution in [2.75, 3.05) is 12.4 Å². The maximum atomic E-state index is 5.37. The van der Waals surface area contributed by atoms with Crippen molar-refractivity contribution in [2.45, 2.75) is 38.8 Å². The molecule has 0 spiro atoms. The van der Waals surface area contributed by atoms with Gasteiger partial charge in [0.15, 0.2) is 0 Å². The van der Waals surface area contributed by atoms with Gasteiger partial charge in [0.2, 0.25) is 5.82 Å². The molecule has 1 fully saturated rings. The van der Waals surface area contributed by atoms with Crippen molar-refractivity contribution in [3.8, 4) is 0 Å². The van der Waals surface area contributed by atoms with E-state index in [2.05, 4.69) is 15.5 Å². The zero-order chi connectivity index (χ0) is 10.8. The van der Waals surface area contributed by atoms with Crippen molar-refractivity contribution < 1.29 is 9.26 Å². The first-order valence-corrected chi connectivity index (χ1v) is 5.33. The van der Waals surface area contributed by atoms with E-state index in [1.165, 1.54) is 12.8 Å². The molecule has 0 amide bonds. The van der Waals surface area contributed by atoms with E-state index in [4.69, 9.17) is 9.26 Å². The second-order valence-electron chi connectivity index (χ2n) is 4.25. The van der Waals surface area contributed by atoms with Gasteiger partial charge in [-0.25, -0.2) is 0 Å². The normalized spacial score (nSPS) is 18.1. The minimum absolute atomic E-state index is 0.00328. The molecule has 0 aromatic carbocycles. The van der Waals surface area contributed by atoms with Crippen LogP contribution < -0.4 is 5.32 Å². The number of nitrogens with zero attached hydrogens (tertiary/aromatic N) is 2. The molecule has 1 N–H and O–H groups in total. The zero-order valence-electron chi connectivity index (χ0n) is 9.36. The van der Waals surface area contributed by atoms with Gasteiger partial charge in [0, 0.05) is 13.2 Å². The van der Waals surface area contributed by atoms with Crippen molar-refractivity contribution in [1.82, 2.24) is 10.1 Å². The SMILES string of the molecule is COC(c1noc(NC(C)C)n1)C1CC1. The Morgan fingerprint density at radius 2 is 2.20 bits per heavy atom. The molecule has 1 atom stereocenters. The van der Waals surface area contributed by atoms with Crippen LogP contribution in [0.4, 0.5) is 6.01 Å². The van der Waals surface area contributed by atoms with Gasteiger partial charge in [-0.2, -0.15) is 4.98 Å². The number of methoxy groups -OCH3 is 1. The average Bonchev–Trinajstić information content (AvgIpc) is 2.89. The highest BCUT2D eigenvalue weighted by Crippen LogP contribution is 2.42. The summed E-state index contributed by atoms with van der Waals surface area (Å²) in [5, 5.41) is 7.00. The van der Waals surface area contributed by atoms with Gasteiger partial charge in [-0.05, 0) is 32.6 Å². The lowest BCUT2D eigenvalue weighted by Crippen LogP contribution is -2.10. The van der Waals surface area contributed by atoms with Gasteiger partial charge < -0.3 is 14.6 Å². The first-order valence-electron chi connectivity index (χ1n) is 5.33. The van der Waals surface area contributed by atoms with Crippen LogP contribution >= 0.6 is 0 Å². The first-order chi connectivity index (χ1) is 7.20. The highest BCUT2D eigenvalue weighted by Gasteiger charge is 2.35. The Morgan fingerprint density at radius 1 is 1.47 bits per heavy atom. The first kappa shape index (κ1) is 10.4. The van der Waals surface area contributed by atoms with Crippen LogP contribution in [0.3, 0.4) is 0 Å². The molecule has 1 saturated carbocycles. The van der Waals surface area contributed by atoms with Crippen LogP contribution in [-0.4, -0.2) is 23.3 Å². The lowest BCUT2D eigenvalue weighted by atomic mass is 10.2. The van der Waals surface area contributed by atoms with Crippen LogP contribution in [0.5, 0.6) is 0 Å². The maximum absolute atomic E-state index is 5.37. The standard InChI is InChI=1S/C10H17N3O2/c1-6(2)11-10-12-9(13-15-10)8(14-3)7-4-5-7/h6-8H,4-5H2,1-3H3,(H,11,12,13). The second-order valence-corrected chi connectivity index (χ2v) is 4.25. The molecule has 0 bridgehead atoms. The highest BCUT2D eigenvalue weighted by atomic mass is 16.5. The predicted octanol–water partition coefficient (Wildman–Crippen LogP) is 1.99. The molecule has 84 valence electrons. The van der Waals surface area contributed by atoms with Gasteiger partial charge in [-0.3, -0.25) is 0 Å². The average molecular weight is 211 g/mol. The monoisotopic (exact) mass is 211 g/mol. The molecule has 0 radical (unpaired) electrons. The number of hydrogen-bond acceptors (Lipinski definition) is 5. The third-order valence-electron chi connectivity index (χ3n) is 2.41. The number of anilines is 1. The highest BCUT2D eigenvalue weighted by molar-refractivity contribution is 5.20. The molecular weight excluding hydrogens is 194 g/mol. The van der Waals surface area contributed by atoms with Gasteiger partial charge in [0.1, 0.15) is 6.10 Å². The maximum Gasteiger partial charge on any atom is 0.321 e. The molecule has 15 heavy (non-hydrogen) atoms. The van der Waals surface area contributed by atoms with Gasteiger partial charge in [0.05, 0.1) is 0 Å². The summed E-state index contributed by atoms with van der Waals surface area (Å²) in [6.45, 7) is 4.05.